The molecule has 0 spiro atoms. The summed E-state index contributed by atoms with van der Waals surface area (Å²) in [7, 11) is 0. The van der Waals surface area contributed by atoms with Crippen molar-refractivity contribution in [3.63, 3.8) is 0 Å². The Morgan fingerprint density at radius 3 is 2.53 bits per heavy atom. The number of carbonyl (C=O) groups excluding carboxylic acids is 3. The van der Waals surface area contributed by atoms with Gasteiger partial charge >= 0.3 is 0 Å². The zero-order valence-corrected chi connectivity index (χ0v) is 20.0. The van der Waals surface area contributed by atoms with Gasteiger partial charge in [-0.2, -0.15) is 4.37 Å². The quantitative estimate of drug-likeness (QED) is 0.396. The molecule has 10 nitrogen and oxygen atoms in total. The standard InChI is InChI=1S/C24H25FN6O4S/c25-16-5-3-14(4-6-16)13-31(24(34)21-18(26)19(22(27)32)30-36-21)20(15-7-9-28-10-8-15)23(33)29-12-17-2-1-11-35-17/h3-10,17,20H,1-2,11-13,26H2,(H2,27,32)(H,29,33)/t17-,20-/m1/s1. The molecule has 0 radical (unpaired) electrons. The third-order valence-corrected chi connectivity index (χ3v) is 6.64. The van der Waals surface area contributed by atoms with Crippen molar-refractivity contribution < 1.29 is 23.5 Å². The number of benzene rings is 1. The Bertz CT molecular complexity index is 1230. The molecule has 188 valence electrons. The third-order valence-electron chi connectivity index (χ3n) is 5.79. The summed E-state index contributed by atoms with van der Waals surface area (Å²) in [6, 6.07) is 7.75. The van der Waals surface area contributed by atoms with Gasteiger partial charge in [0.05, 0.1) is 11.8 Å². The highest BCUT2D eigenvalue weighted by Crippen LogP contribution is 2.30. The molecule has 5 N–H and O–H groups in total. The summed E-state index contributed by atoms with van der Waals surface area (Å²) in [5, 5.41) is 2.89. The van der Waals surface area contributed by atoms with E-state index in [1.807, 2.05) is 0 Å². The Labute approximate surface area is 210 Å². The zero-order chi connectivity index (χ0) is 25.7. The van der Waals surface area contributed by atoms with Gasteiger partial charge in [0, 0.05) is 32.1 Å². The number of pyridine rings is 1. The van der Waals surface area contributed by atoms with Crippen LogP contribution in [-0.2, 0) is 16.1 Å². The number of nitrogens with zero attached hydrogens (tertiary/aromatic N) is 3. The second-order valence-corrected chi connectivity index (χ2v) is 9.03. The van der Waals surface area contributed by atoms with Crippen LogP contribution in [0.3, 0.4) is 0 Å². The Morgan fingerprint density at radius 2 is 1.92 bits per heavy atom. The van der Waals surface area contributed by atoms with Crippen molar-refractivity contribution >= 4 is 34.9 Å². The summed E-state index contributed by atoms with van der Waals surface area (Å²) in [4.78, 5) is 44.3. The lowest BCUT2D eigenvalue weighted by atomic mass is 10.0. The van der Waals surface area contributed by atoms with Gasteiger partial charge in [-0.1, -0.05) is 12.1 Å². The van der Waals surface area contributed by atoms with Crippen molar-refractivity contribution in [3.8, 4) is 0 Å². The van der Waals surface area contributed by atoms with Crippen LogP contribution in [-0.4, -0.2) is 51.2 Å². The first-order valence-electron chi connectivity index (χ1n) is 11.2. The number of nitrogens with one attached hydrogen (secondary N) is 1. The number of hydrogen-bond donors (Lipinski definition) is 3. The fourth-order valence-electron chi connectivity index (χ4n) is 3.96. The number of aromatic nitrogens is 2. The van der Waals surface area contributed by atoms with Crippen LogP contribution in [0.25, 0.3) is 0 Å². The van der Waals surface area contributed by atoms with E-state index in [2.05, 4.69) is 14.7 Å². The first kappa shape index (κ1) is 25.2. The molecule has 0 unspecified atom stereocenters. The van der Waals surface area contributed by atoms with Crippen LogP contribution < -0.4 is 16.8 Å². The van der Waals surface area contributed by atoms with Gasteiger partial charge in [-0.15, -0.1) is 0 Å². The molecule has 1 aromatic carbocycles. The molecule has 1 aliphatic rings. The number of nitrogen functional groups attached to an aromatic ring is 1. The minimum atomic E-state index is -1.09. The maximum atomic E-state index is 13.8. The smallest absolute Gasteiger partial charge is 0.270 e. The van der Waals surface area contributed by atoms with E-state index < -0.39 is 29.6 Å². The molecule has 1 fully saturated rings. The van der Waals surface area contributed by atoms with Gasteiger partial charge in [0.15, 0.2) is 5.69 Å². The number of hydrogen-bond acceptors (Lipinski definition) is 8. The Morgan fingerprint density at radius 1 is 1.19 bits per heavy atom. The van der Waals surface area contributed by atoms with E-state index in [4.69, 9.17) is 16.2 Å². The summed E-state index contributed by atoms with van der Waals surface area (Å²) >= 11 is 0.721. The van der Waals surface area contributed by atoms with Crippen molar-refractivity contribution in [2.45, 2.75) is 31.5 Å². The van der Waals surface area contributed by atoms with E-state index in [0.717, 1.165) is 24.4 Å². The Balaban J connectivity index is 1.73. The molecule has 1 saturated heterocycles. The minimum Gasteiger partial charge on any atom is -0.395 e. The topological polar surface area (TPSA) is 154 Å². The number of anilines is 1. The van der Waals surface area contributed by atoms with Gasteiger partial charge in [-0.25, -0.2) is 4.39 Å². The summed E-state index contributed by atoms with van der Waals surface area (Å²) in [6.45, 7) is 0.868. The molecular weight excluding hydrogens is 487 g/mol. The molecule has 2 atom stereocenters. The molecule has 3 aromatic rings. The molecule has 2 aromatic heterocycles. The van der Waals surface area contributed by atoms with E-state index in [-0.39, 0.29) is 35.5 Å². The van der Waals surface area contributed by atoms with Crippen LogP contribution in [0.1, 0.15) is 50.2 Å². The summed E-state index contributed by atoms with van der Waals surface area (Å²) in [5.41, 5.74) is 12.1. The van der Waals surface area contributed by atoms with Crippen LogP contribution in [0.4, 0.5) is 10.1 Å². The fourth-order valence-corrected chi connectivity index (χ4v) is 4.72. The molecule has 1 aliphatic heterocycles. The lowest BCUT2D eigenvalue weighted by Crippen LogP contribution is -2.45. The number of ether oxygens (including phenoxy) is 1. The lowest BCUT2D eigenvalue weighted by molar-refractivity contribution is -0.126. The summed E-state index contributed by atoms with van der Waals surface area (Å²) in [6.07, 6.45) is 4.66. The van der Waals surface area contributed by atoms with Gasteiger partial charge in [-0.05, 0) is 59.8 Å². The highest BCUT2D eigenvalue weighted by atomic mass is 32.1. The first-order valence-corrected chi connectivity index (χ1v) is 12.0. The van der Waals surface area contributed by atoms with Gasteiger partial charge in [0.2, 0.25) is 5.91 Å². The second kappa shape index (κ2) is 11.2. The Kier molecular flexibility index (Phi) is 7.86. The predicted octanol–water partition coefficient (Wildman–Crippen LogP) is 2.04. The van der Waals surface area contributed by atoms with Crippen molar-refractivity contribution in [3.05, 3.63) is 76.3 Å². The van der Waals surface area contributed by atoms with Gasteiger partial charge in [-0.3, -0.25) is 19.4 Å². The average Bonchev–Trinajstić information content (AvgIpc) is 3.53. The zero-order valence-electron chi connectivity index (χ0n) is 19.2. The number of nitrogens with two attached hydrogens (primary N) is 2. The molecule has 12 heteroatoms. The van der Waals surface area contributed by atoms with Gasteiger partial charge < -0.3 is 26.4 Å². The summed E-state index contributed by atoms with van der Waals surface area (Å²) < 4.78 is 23.1. The normalized spacial score (nSPS) is 15.9. The van der Waals surface area contributed by atoms with Gasteiger partial charge in [0.1, 0.15) is 16.7 Å². The van der Waals surface area contributed by atoms with E-state index in [1.54, 1.807) is 12.1 Å². The molecule has 0 bridgehead atoms. The van der Waals surface area contributed by atoms with Crippen molar-refractivity contribution in [1.82, 2.24) is 19.6 Å². The van der Waals surface area contributed by atoms with Crippen molar-refractivity contribution in [2.75, 3.05) is 18.9 Å². The third kappa shape index (κ3) is 5.66. The van der Waals surface area contributed by atoms with Crippen LogP contribution in [0.15, 0.2) is 48.8 Å². The highest BCUT2D eigenvalue weighted by molar-refractivity contribution is 7.09. The maximum absolute atomic E-state index is 13.8. The van der Waals surface area contributed by atoms with Crippen molar-refractivity contribution in [2.24, 2.45) is 5.73 Å². The van der Waals surface area contributed by atoms with E-state index in [1.165, 1.54) is 41.6 Å². The number of rotatable bonds is 9. The monoisotopic (exact) mass is 512 g/mol. The Hall–Kier alpha value is -3.90. The molecule has 3 heterocycles. The van der Waals surface area contributed by atoms with Crippen LogP contribution >= 0.6 is 11.5 Å². The first-order chi connectivity index (χ1) is 17.3. The molecule has 3 amide bonds. The maximum Gasteiger partial charge on any atom is 0.270 e. The van der Waals surface area contributed by atoms with E-state index >= 15 is 0 Å². The average molecular weight is 513 g/mol. The van der Waals surface area contributed by atoms with Crippen LogP contribution in [0, 0.1) is 5.82 Å². The molecular formula is C24H25FN6O4S. The molecule has 0 aliphatic carbocycles. The number of halogens is 1. The molecule has 4 rings (SSSR count). The number of carbonyl (C=O) groups is 3. The highest BCUT2D eigenvalue weighted by Gasteiger charge is 2.35. The lowest BCUT2D eigenvalue weighted by Gasteiger charge is -2.31. The van der Waals surface area contributed by atoms with Crippen LogP contribution in [0.5, 0.6) is 0 Å². The summed E-state index contributed by atoms with van der Waals surface area (Å²) in [5.74, 6) is -2.37. The second-order valence-electron chi connectivity index (χ2n) is 8.26. The van der Waals surface area contributed by atoms with Crippen LogP contribution in [0.2, 0.25) is 0 Å². The van der Waals surface area contributed by atoms with E-state index in [0.29, 0.717) is 17.7 Å². The minimum absolute atomic E-state index is 0.0307. The molecule has 0 saturated carbocycles. The number of primary amides is 1. The number of amides is 3. The SMILES string of the molecule is NC(=O)c1nsc(C(=O)N(Cc2ccc(F)cc2)[C@@H](C(=O)NC[C@H]2CCCO2)c2ccncc2)c1N. The molecule has 36 heavy (non-hydrogen) atoms. The van der Waals surface area contributed by atoms with Crippen molar-refractivity contribution in [1.29, 1.82) is 0 Å². The predicted molar refractivity (Wildman–Crippen MR) is 130 cm³/mol. The van der Waals surface area contributed by atoms with E-state index in [9.17, 15) is 18.8 Å². The fraction of sp³-hybridized carbons (Fsp3) is 0.292. The van der Waals surface area contributed by atoms with Gasteiger partial charge in [0.25, 0.3) is 11.8 Å². The largest absolute Gasteiger partial charge is 0.395 e.